The maximum Gasteiger partial charge on any atom is 0.293 e. The molecule has 6 nitrogen and oxygen atoms in total. The van der Waals surface area contributed by atoms with E-state index in [2.05, 4.69) is 12.2 Å². The SMILES string of the molecule is C[C@@H]1CCCN(c2ccc(C(=O)Nc3ccc(F)c(Cl)c3)cc2[N+](=O)[O-])C1. The molecule has 8 heteroatoms. The van der Waals surface area contributed by atoms with E-state index in [1.165, 1.54) is 18.2 Å². The van der Waals surface area contributed by atoms with Crippen molar-refractivity contribution >= 4 is 34.6 Å². The van der Waals surface area contributed by atoms with Crippen molar-refractivity contribution in [2.75, 3.05) is 23.3 Å². The van der Waals surface area contributed by atoms with E-state index >= 15 is 0 Å². The highest BCUT2D eigenvalue weighted by molar-refractivity contribution is 6.31. The fraction of sp³-hybridized carbons (Fsp3) is 0.316. The Labute approximate surface area is 161 Å². The normalized spacial score (nSPS) is 16.9. The summed E-state index contributed by atoms with van der Waals surface area (Å²) in [7, 11) is 0. The number of carbonyl (C=O) groups excluding carboxylic acids is 1. The number of nitro benzene ring substituents is 1. The Morgan fingerprint density at radius 2 is 2.11 bits per heavy atom. The smallest absolute Gasteiger partial charge is 0.293 e. The lowest BCUT2D eigenvalue weighted by Crippen LogP contribution is -2.34. The summed E-state index contributed by atoms with van der Waals surface area (Å²) in [6.45, 7) is 3.62. The molecule has 3 rings (SSSR count). The second kappa shape index (κ2) is 7.92. The average molecular weight is 392 g/mol. The lowest BCUT2D eigenvalue weighted by molar-refractivity contribution is -0.384. The third kappa shape index (κ3) is 4.36. The van der Waals surface area contributed by atoms with Gasteiger partial charge in [-0.1, -0.05) is 18.5 Å². The minimum atomic E-state index is -0.592. The first-order valence-electron chi connectivity index (χ1n) is 8.65. The van der Waals surface area contributed by atoms with Crippen LogP contribution in [-0.4, -0.2) is 23.9 Å². The molecule has 0 bridgehead atoms. The van der Waals surface area contributed by atoms with Gasteiger partial charge >= 0.3 is 0 Å². The molecule has 1 atom stereocenters. The number of piperidine rings is 1. The number of hydrogen-bond acceptors (Lipinski definition) is 4. The number of benzene rings is 2. The van der Waals surface area contributed by atoms with Gasteiger partial charge in [0.05, 0.1) is 9.95 Å². The van der Waals surface area contributed by atoms with Crippen LogP contribution in [0.25, 0.3) is 0 Å². The summed E-state index contributed by atoms with van der Waals surface area (Å²) in [6, 6.07) is 8.24. The van der Waals surface area contributed by atoms with Crippen LogP contribution >= 0.6 is 11.6 Å². The molecule has 0 unspecified atom stereocenters. The zero-order valence-corrected chi connectivity index (χ0v) is 15.5. The summed E-state index contributed by atoms with van der Waals surface area (Å²) < 4.78 is 13.2. The van der Waals surface area contributed by atoms with E-state index in [1.807, 2.05) is 4.90 Å². The van der Waals surface area contributed by atoms with E-state index in [0.29, 0.717) is 17.3 Å². The number of nitro groups is 1. The molecule has 0 spiro atoms. The number of hydrogen-bond donors (Lipinski definition) is 1. The van der Waals surface area contributed by atoms with Crippen LogP contribution in [0.1, 0.15) is 30.1 Å². The van der Waals surface area contributed by atoms with Crippen molar-refractivity contribution in [1.29, 1.82) is 0 Å². The molecule has 0 aliphatic carbocycles. The third-order valence-corrected chi connectivity index (χ3v) is 4.90. The minimum absolute atomic E-state index is 0.103. The van der Waals surface area contributed by atoms with Gasteiger partial charge < -0.3 is 10.2 Å². The summed E-state index contributed by atoms with van der Waals surface area (Å²) >= 11 is 5.71. The number of nitrogens with zero attached hydrogens (tertiary/aromatic N) is 2. The van der Waals surface area contributed by atoms with Crippen molar-refractivity contribution in [1.82, 2.24) is 0 Å². The Bertz CT molecular complexity index is 890. The summed E-state index contributed by atoms with van der Waals surface area (Å²) in [5, 5.41) is 14.0. The Hall–Kier alpha value is -2.67. The third-order valence-electron chi connectivity index (χ3n) is 4.61. The van der Waals surface area contributed by atoms with Crippen molar-refractivity contribution in [2.24, 2.45) is 5.92 Å². The first kappa shape index (κ1) is 19.1. The lowest BCUT2D eigenvalue weighted by atomic mass is 9.99. The van der Waals surface area contributed by atoms with Gasteiger partial charge in [0.2, 0.25) is 0 Å². The van der Waals surface area contributed by atoms with Crippen molar-refractivity contribution < 1.29 is 14.1 Å². The number of anilines is 2. The van der Waals surface area contributed by atoms with Crippen LogP contribution in [0.3, 0.4) is 0 Å². The van der Waals surface area contributed by atoms with Crippen molar-refractivity contribution in [3.63, 3.8) is 0 Å². The monoisotopic (exact) mass is 391 g/mol. The molecule has 1 heterocycles. The quantitative estimate of drug-likeness (QED) is 0.595. The molecule has 1 N–H and O–H groups in total. The van der Waals surface area contributed by atoms with Gasteiger partial charge in [-0.25, -0.2) is 4.39 Å². The standard InChI is InChI=1S/C19H19ClFN3O3/c1-12-3-2-8-23(11-12)17-7-4-13(9-18(17)24(26)27)19(25)22-14-5-6-16(21)15(20)10-14/h4-7,9-10,12H,2-3,8,11H2,1H3,(H,22,25)/t12-/m1/s1. The number of halogens is 2. The van der Waals surface area contributed by atoms with E-state index in [1.54, 1.807) is 12.1 Å². The molecular formula is C19H19ClFN3O3. The molecule has 1 fully saturated rings. The van der Waals surface area contributed by atoms with Crippen LogP contribution in [0.15, 0.2) is 36.4 Å². The Kier molecular flexibility index (Phi) is 5.60. The van der Waals surface area contributed by atoms with Gasteiger partial charge in [-0.15, -0.1) is 0 Å². The van der Waals surface area contributed by atoms with E-state index in [0.717, 1.165) is 32.0 Å². The van der Waals surface area contributed by atoms with Crippen LogP contribution in [0.5, 0.6) is 0 Å². The molecule has 0 saturated carbocycles. The Morgan fingerprint density at radius 3 is 2.78 bits per heavy atom. The Morgan fingerprint density at radius 1 is 1.33 bits per heavy atom. The van der Waals surface area contributed by atoms with Gasteiger partial charge in [0.15, 0.2) is 0 Å². The molecule has 1 aliphatic rings. The number of rotatable bonds is 4. The van der Waals surface area contributed by atoms with Gasteiger partial charge in [0, 0.05) is 30.4 Å². The summed E-state index contributed by atoms with van der Waals surface area (Å²) in [5.41, 5.74) is 0.876. The molecule has 1 amide bonds. The molecule has 2 aromatic carbocycles. The second-order valence-corrected chi connectivity index (χ2v) is 7.14. The summed E-state index contributed by atoms with van der Waals surface area (Å²) in [5.74, 6) is -0.658. The summed E-state index contributed by atoms with van der Waals surface area (Å²) in [6.07, 6.45) is 2.08. The van der Waals surface area contributed by atoms with Gasteiger partial charge in [0.25, 0.3) is 11.6 Å². The molecule has 0 radical (unpaired) electrons. The molecular weight excluding hydrogens is 373 g/mol. The molecule has 1 saturated heterocycles. The van der Waals surface area contributed by atoms with E-state index in [4.69, 9.17) is 11.6 Å². The van der Waals surface area contributed by atoms with Crippen LogP contribution < -0.4 is 10.2 Å². The highest BCUT2D eigenvalue weighted by Gasteiger charge is 2.25. The van der Waals surface area contributed by atoms with Gasteiger partial charge in [-0.05, 0) is 49.1 Å². The maximum atomic E-state index is 13.2. The van der Waals surface area contributed by atoms with Crippen LogP contribution in [0.2, 0.25) is 5.02 Å². The largest absolute Gasteiger partial charge is 0.366 e. The van der Waals surface area contributed by atoms with E-state index in [-0.39, 0.29) is 16.3 Å². The predicted molar refractivity (Wildman–Crippen MR) is 103 cm³/mol. The van der Waals surface area contributed by atoms with Gasteiger partial charge in [0.1, 0.15) is 11.5 Å². The predicted octanol–water partition coefficient (Wildman–Crippen LogP) is 4.88. The maximum absolute atomic E-state index is 13.2. The first-order valence-corrected chi connectivity index (χ1v) is 9.02. The minimum Gasteiger partial charge on any atom is -0.366 e. The number of amides is 1. The van der Waals surface area contributed by atoms with E-state index < -0.39 is 16.6 Å². The zero-order chi connectivity index (χ0) is 19.6. The number of nitrogens with one attached hydrogen (secondary N) is 1. The van der Waals surface area contributed by atoms with Crippen LogP contribution in [0, 0.1) is 21.8 Å². The van der Waals surface area contributed by atoms with Crippen LogP contribution in [0.4, 0.5) is 21.5 Å². The second-order valence-electron chi connectivity index (χ2n) is 6.74. The zero-order valence-electron chi connectivity index (χ0n) is 14.7. The molecule has 2 aromatic rings. The lowest BCUT2D eigenvalue weighted by Gasteiger charge is -2.32. The fourth-order valence-corrected chi connectivity index (χ4v) is 3.44. The molecule has 142 valence electrons. The Balaban J connectivity index is 1.85. The highest BCUT2D eigenvalue weighted by atomic mass is 35.5. The molecule has 0 aromatic heterocycles. The average Bonchev–Trinajstić information content (AvgIpc) is 2.64. The fourth-order valence-electron chi connectivity index (χ4n) is 3.26. The van der Waals surface area contributed by atoms with E-state index in [9.17, 15) is 19.3 Å². The highest BCUT2D eigenvalue weighted by Crippen LogP contribution is 2.32. The van der Waals surface area contributed by atoms with Crippen molar-refractivity contribution in [3.05, 3.63) is 62.9 Å². The molecule has 1 aliphatic heterocycles. The first-order chi connectivity index (χ1) is 12.8. The number of carbonyl (C=O) groups is 1. The van der Waals surface area contributed by atoms with Crippen molar-refractivity contribution in [3.8, 4) is 0 Å². The van der Waals surface area contributed by atoms with Gasteiger partial charge in [-0.2, -0.15) is 0 Å². The van der Waals surface area contributed by atoms with Crippen molar-refractivity contribution in [2.45, 2.75) is 19.8 Å². The van der Waals surface area contributed by atoms with Gasteiger partial charge in [-0.3, -0.25) is 14.9 Å². The topological polar surface area (TPSA) is 75.5 Å². The molecule has 27 heavy (non-hydrogen) atoms. The van der Waals surface area contributed by atoms with Crippen LogP contribution in [-0.2, 0) is 0 Å². The summed E-state index contributed by atoms with van der Waals surface area (Å²) in [4.78, 5) is 25.5.